The van der Waals surface area contributed by atoms with Crippen molar-refractivity contribution < 1.29 is 45.2 Å². The van der Waals surface area contributed by atoms with Gasteiger partial charge in [-0.3, -0.25) is 0 Å². The van der Waals surface area contributed by atoms with Crippen LogP contribution in [0.4, 0.5) is 8.78 Å². The quantitative estimate of drug-likeness (QED) is 0.462. The molecular formula is C20H18F2O8S. The number of alkyl halides is 2. The van der Waals surface area contributed by atoms with Crippen LogP contribution in [-0.2, 0) is 28.5 Å². The zero-order chi connectivity index (χ0) is 22.6. The maximum Gasteiger partial charge on any atom is 0.338 e. The Labute approximate surface area is 176 Å². The molecule has 0 unspecified atom stereocenters. The van der Waals surface area contributed by atoms with E-state index < -0.39 is 53.1 Å². The maximum absolute atomic E-state index is 14.8. The number of carbonyl (C=O) groups is 2. The molecule has 0 N–H and O–H groups in total. The van der Waals surface area contributed by atoms with E-state index in [1.165, 1.54) is 36.4 Å². The van der Waals surface area contributed by atoms with Crippen LogP contribution in [0.2, 0.25) is 0 Å². The highest BCUT2D eigenvalue weighted by Gasteiger charge is 2.63. The second kappa shape index (κ2) is 9.08. The fourth-order valence-electron chi connectivity index (χ4n) is 2.80. The molecule has 0 bridgehead atoms. The Kier molecular flexibility index (Phi) is 6.68. The molecule has 8 nitrogen and oxygen atoms in total. The van der Waals surface area contributed by atoms with Crippen molar-refractivity contribution in [3.8, 4) is 0 Å². The van der Waals surface area contributed by atoms with Crippen LogP contribution >= 0.6 is 0 Å². The molecule has 2 aromatic carbocycles. The molecule has 1 saturated heterocycles. The lowest BCUT2D eigenvalue weighted by molar-refractivity contribution is -0.183. The molecule has 2 aromatic rings. The van der Waals surface area contributed by atoms with Crippen molar-refractivity contribution in [1.29, 1.82) is 0 Å². The van der Waals surface area contributed by atoms with Gasteiger partial charge in [0.25, 0.3) is 10.1 Å². The van der Waals surface area contributed by atoms with Gasteiger partial charge in [-0.05, 0) is 24.3 Å². The van der Waals surface area contributed by atoms with Crippen LogP contribution in [0.15, 0.2) is 60.7 Å². The Hall–Kier alpha value is -2.89. The van der Waals surface area contributed by atoms with Crippen molar-refractivity contribution >= 4 is 22.1 Å². The van der Waals surface area contributed by atoms with Gasteiger partial charge < -0.3 is 14.2 Å². The van der Waals surface area contributed by atoms with E-state index in [1.807, 2.05) is 0 Å². The van der Waals surface area contributed by atoms with Crippen molar-refractivity contribution in [2.75, 3.05) is 12.9 Å². The third-order valence-electron chi connectivity index (χ3n) is 4.22. The Morgan fingerprint density at radius 1 is 0.968 bits per heavy atom. The van der Waals surface area contributed by atoms with Crippen molar-refractivity contribution in [2.24, 2.45) is 0 Å². The normalized spacial score (nSPS) is 22.6. The zero-order valence-electron chi connectivity index (χ0n) is 16.1. The van der Waals surface area contributed by atoms with E-state index in [4.69, 9.17) is 14.2 Å². The molecule has 0 saturated carbocycles. The molecule has 166 valence electrons. The van der Waals surface area contributed by atoms with Crippen LogP contribution in [0.5, 0.6) is 0 Å². The minimum Gasteiger partial charge on any atom is -0.459 e. The summed E-state index contributed by atoms with van der Waals surface area (Å²) >= 11 is 0. The molecule has 1 fully saturated rings. The fourth-order valence-corrected chi connectivity index (χ4v) is 3.29. The van der Waals surface area contributed by atoms with E-state index >= 15 is 0 Å². The molecular weight excluding hydrogens is 438 g/mol. The van der Waals surface area contributed by atoms with Crippen molar-refractivity contribution in [3.05, 3.63) is 71.8 Å². The largest absolute Gasteiger partial charge is 0.459 e. The Morgan fingerprint density at radius 3 is 2.00 bits per heavy atom. The van der Waals surface area contributed by atoms with Gasteiger partial charge in [0.05, 0.1) is 17.4 Å². The Balaban J connectivity index is 1.79. The minimum absolute atomic E-state index is 0.00851. The van der Waals surface area contributed by atoms with E-state index in [2.05, 4.69) is 4.18 Å². The highest BCUT2D eigenvalue weighted by molar-refractivity contribution is 7.86. The molecule has 31 heavy (non-hydrogen) atoms. The van der Waals surface area contributed by atoms with Crippen molar-refractivity contribution in [2.45, 2.75) is 24.4 Å². The van der Waals surface area contributed by atoms with Crippen LogP contribution < -0.4 is 0 Å². The molecule has 0 aliphatic carbocycles. The lowest BCUT2D eigenvalue weighted by Gasteiger charge is -2.23. The first kappa shape index (κ1) is 22.8. The van der Waals surface area contributed by atoms with Gasteiger partial charge in [0.1, 0.15) is 12.7 Å². The highest BCUT2D eigenvalue weighted by atomic mass is 32.2. The molecule has 0 spiro atoms. The van der Waals surface area contributed by atoms with Crippen LogP contribution in [0.25, 0.3) is 0 Å². The molecule has 0 amide bonds. The molecule has 0 aromatic heterocycles. The number of carbonyl (C=O) groups excluding carboxylic acids is 2. The van der Waals surface area contributed by atoms with E-state index in [1.54, 1.807) is 24.3 Å². The van der Waals surface area contributed by atoms with Gasteiger partial charge in [0.2, 0.25) is 12.4 Å². The molecule has 1 aliphatic rings. The average molecular weight is 456 g/mol. The summed E-state index contributed by atoms with van der Waals surface area (Å²) in [6.07, 6.45) is -5.94. The van der Waals surface area contributed by atoms with Crippen molar-refractivity contribution in [1.82, 2.24) is 0 Å². The molecule has 11 heteroatoms. The summed E-state index contributed by atoms with van der Waals surface area (Å²) in [5.41, 5.74) is 0.153. The summed E-state index contributed by atoms with van der Waals surface area (Å²) in [6.45, 7) is -0.736. The maximum atomic E-state index is 14.8. The summed E-state index contributed by atoms with van der Waals surface area (Å²) in [6, 6.07) is 15.1. The molecule has 1 aliphatic heterocycles. The highest BCUT2D eigenvalue weighted by Crippen LogP contribution is 2.40. The minimum atomic E-state index is -4.33. The topological polar surface area (TPSA) is 105 Å². The predicted molar refractivity (Wildman–Crippen MR) is 102 cm³/mol. The second-order valence-corrected chi connectivity index (χ2v) is 8.24. The van der Waals surface area contributed by atoms with Gasteiger partial charge in [0.15, 0.2) is 0 Å². The SMILES string of the molecule is CS(=O)(=O)O[C@H]1O[C@H](COC(=O)c2ccccc2)[C@H](OC(=O)c2ccccc2)C1(F)F. The predicted octanol–water partition coefficient (Wildman–Crippen LogP) is 2.41. The summed E-state index contributed by atoms with van der Waals surface area (Å²) in [5.74, 6) is -5.96. The van der Waals surface area contributed by atoms with Crippen LogP contribution in [0.3, 0.4) is 0 Å². The number of halogens is 2. The van der Waals surface area contributed by atoms with E-state index in [0.717, 1.165) is 0 Å². The summed E-state index contributed by atoms with van der Waals surface area (Å²) in [4.78, 5) is 24.4. The number of rotatable bonds is 7. The van der Waals surface area contributed by atoms with Crippen LogP contribution in [-0.4, -0.2) is 57.6 Å². The lowest BCUT2D eigenvalue weighted by Crippen LogP contribution is -2.45. The lowest BCUT2D eigenvalue weighted by atomic mass is 10.1. The number of benzene rings is 2. The number of hydrogen-bond acceptors (Lipinski definition) is 8. The zero-order valence-corrected chi connectivity index (χ0v) is 17.0. The molecule has 3 rings (SSSR count). The standard InChI is InChI=1S/C20H18F2O8S/c1-31(25,26)30-19-20(21,22)16(29-18(24)14-10-6-3-7-11-14)15(28-19)12-27-17(23)13-8-4-2-5-9-13/h2-11,15-16,19H,12H2,1H3/t15-,16+,19-/m1/s1. The number of esters is 2. The third-order valence-corrected chi connectivity index (χ3v) is 4.75. The van der Waals surface area contributed by atoms with Gasteiger partial charge in [-0.25, -0.2) is 13.8 Å². The molecule has 1 heterocycles. The monoisotopic (exact) mass is 456 g/mol. The first-order valence-corrected chi connectivity index (χ1v) is 10.8. The summed E-state index contributed by atoms with van der Waals surface area (Å²) in [7, 11) is -4.33. The van der Waals surface area contributed by atoms with Crippen LogP contribution in [0.1, 0.15) is 20.7 Å². The Morgan fingerprint density at radius 2 is 1.48 bits per heavy atom. The van der Waals surface area contributed by atoms with Crippen LogP contribution in [0, 0.1) is 0 Å². The summed E-state index contributed by atoms with van der Waals surface area (Å²) < 4.78 is 71.6. The van der Waals surface area contributed by atoms with E-state index in [9.17, 15) is 26.8 Å². The van der Waals surface area contributed by atoms with Gasteiger partial charge >= 0.3 is 17.9 Å². The van der Waals surface area contributed by atoms with Gasteiger partial charge in [-0.1, -0.05) is 36.4 Å². The van der Waals surface area contributed by atoms with Gasteiger partial charge in [-0.2, -0.15) is 17.2 Å². The smallest absolute Gasteiger partial charge is 0.338 e. The first-order valence-electron chi connectivity index (χ1n) is 8.97. The third kappa shape index (κ3) is 5.63. The number of hydrogen-bond donors (Lipinski definition) is 0. The van der Waals surface area contributed by atoms with Gasteiger partial charge in [-0.15, -0.1) is 0 Å². The molecule has 0 radical (unpaired) electrons. The fraction of sp³-hybridized carbons (Fsp3) is 0.300. The van der Waals surface area contributed by atoms with Gasteiger partial charge in [0, 0.05) is 0 Å². The summed E-state index contributed by atoms with van der Waals surface area (Å²) in [5, 5.41) is 0. The second-order valence-electron chi connectivity index (χ2n) is 6.64. The van der Waals surface area contributed by atoms with Crippen molar-refractivity contribution in [3.63, 3.8) is 0 Å². The van der Waals surface area contributed by atoms with E-state index in [-0.39, 0.29) is 11.1 Å². The Bertz CT molecular complexity index is 1030. The molecule has 3 atom stereocenters. The first-order chi connectivity index (χ1) is 14.6. The number of ether oxygens (including phenoxy) is 3. The average Bonchev–Trinajstić information content (AvgIpc) is 2.95. The van der Waals surface area contributed by atoms with E-state index in [0.29, 0.717) is 6.26 Å².